The van der Waals surface area contributed by atoms with Crippen LogP contribution in [0.3, 0.4) is 0 Å². The van der Waals surface area contributed by atoms with E-state index in [4.69, 9.17) is 5.11 Å². The third-order valence-corrected chi connectivity index (χ3v) is 4.31. The van der Waals surface area contributed by atoms with Crippen LogP contribution in [0.15, 0.2) is 51.8 Å². The molecule has 5 nitrogen and oxygen atoms in total. The maximum Gasteiger partial charge on any atom is 0.336 e. The molecule has 1 N–H and O–H groups in total. The second-order valence-corrected chi connectivity index (χ2v) is 6.09. The highest BCUT2D eigenvalue weighted by Gasteiger charge is 2.12. The number of carboxylic acids is 1. The molecule has 0 saturated carbocycles. The summed E-state index contributed by atoms with van der Waals surface area (Å²) in [7, 11) is 0. The number of halogens is 1. The average molecular weight is 368 g/mol. The van der Waals surface area contributed by atoms with Gasteiger partial charge in [0, 0.05) is 27.3 Å². The second-order valence-electron chi connectivity index (χ2n) is 4.16. The lowest BCUT2D eigenvalue weighted by Crippen LogP contribution is -1.98. The van der Waals surface area contributed by atoms with Crippen LogP contribution in [0.5, 0.6) is 0 Å². The summed E-state index contributed by atoms with van der Waals surface area (Å²) in [5.74, 6) is -0.539. The Balaban J connectivity index is 2.20. The van der Waals surface area contributed by atoms with Crippen LogP contribution in [0, 0.1) is 10.1 Å². The van der Waals surface area contributed by atoms with Gasteiger partial charge in [-0.25, -0.2) is 4.79 Å². The molecule has 0 amide bonds. The van der Waals surface area contributed by atoms with Crippen molar-refractivity contribution in [1.29, 1.82) is 0 Å². The van der Waals surface area contributed by atoms with Crippen LogP contribution in [-0.4, -0.2) is 16.0 Å². The molecule has 0 aliphatic rings. The molecule has 21 heavy (non-hydrogen) atoms. The first-order valence-electron chi connectivity index (χ1n) is 5.86. The Morgan fingerprint density at radius 3 is 2.71 bits per heavy atom. The van der Waals surface area contributed by atoms with Crippen LogP contribution < -0.4 is 0 Å². The SMILES string of the molecule is O=C(O)c1ccc(Br)cc1SCc1cccc([N+](=O)[O-])c1. The predicted molar refractivity (Wildman–Crippen MR) is 83.8 cm³/mol. The first kappa shape index (κ1) is 15.5. The van der Waals surface area contributed by atoms with Crippen molar-refractivity contribution >= 4 is 39.3 Å². The Kier molecular flexibility index (Phi) is 4.98. The maximum atomic E-state index is 11.2. The quantitative estimate of drug-likeness (QED) is 0.482. The maximum absolute atomic E-state index is 11.2. The highest BCUT2D eigenvalue weighted by atomic mass is 79.9. The number of hydrogen-bond acceptors (Lipinski definition) is 4. The molecule has 0 radical (unpaired) electrons. The van der Waals surface area contributed by atoms with E-state index in [1.165, 1.54) is 30.0 Å². The molecule has 0 unspecified atom stereocenters. The zero-order valence-electron chi connectivity index (χ0n) is 10.7. The van der Waals surface area contributed by atoms with Crippen molar-refractivity contribution in [3.05, 3.63) is 68.2 Å². The lowest BCUT2D eigenvalue weighted by molar-refractivity contribution is -0.384. The van der Waals surface area contributed by atoms with E-state index in [2.05, 4.69) is 15.9 Å². The van der Waals surface area contributed by atoms with Crippen LogP contribution in [0.4, 0.5) is 5.69 Å². The van der Waals surface area contributed by atoms with Gasteiger partial charge in [0.25, 0.3) is 5.69 Å². The van der Waals surface area contributed by atoms with Crippen molar-refractivity contribution in [2.75, 3.05) is 0 Å². The summed E-state index contributed by atoms with van der Waals surface area (Å²) < 4.78 is 0.786. The third kappa shape index (κ3) is 4.05. The number of hydrogen-bond donors (Lipinski definition) is 1. The number of non-ortho nitro benzene ring substituents is 1. The van der Waals surface area contributed by atoms with E-state index in [0.717, 1.165) is 10.0 Å². The van der Waals surface area contributed by atoms with Gasteiger partial charge in [-0.3, -0.25) is 10.1 Å². The molecule has 0 aromatic heterocycles. The molecule has 0 heterocycles. The number of benzene rings is 2. The van der Waals surface area contributed by atoms with Gasteiger partial charge in [0.2, 0.25) is 0 Å². The molecule has 0 spiro atoms. The number of rotatable bonds is 5. The standard InChI is InChI=1S/C14H10BrNO4S/c15-10-4-5-12(14(17)18)13(7-10)21-8-9-2-1-3-11(6-9)16(19)20/h1-7H,8H2,(H,17,18). The predicted octanol–water partition coefficient (Wildman–Crippen LogP) is 4.35. The van der Waals surface area contributed by atoms with Crippen LogP contribution in [-0.2, 0) is 5.75 Å². The van der Waals surface area contributed by atoms with Gasteiger partial charge in [-0.1, -0.05) is 28.1 Å². The second kappa shape index (κ2) is 6.73. The van der Waals surface area contributed by atoms with Gasteiger partial charge in [-0.05, 0) is 23.8 Å². The smallest absolute Gasteiger partial charge is 0.336 e. The van der Waals surface area contributed by atoms with Gasteiger partial charge in [-0.15, -0.1) is 11.8 Å². The van der Waals surface area contributed by atoms with E-state index in [9.17, 15) is 14.9 Å². The first-order valence-corrected chi connectivity index (χ1v) is 7.64. The number of carboxylic acid groups (broad SMARTS) is 1. The zero-order chi connectivity index (χ0) is 15.4. The molecule has 0 aliphatic heterocycles. The largest absolute Gasteiger partial charge is 0.478 e. The molecule has 2 aromatic carbocycles. The molecular weight excluding hydrogens is 358 g/mol. The van der Waals surface area contributed by atoms with Crippen molar-refractivity contribution in [1.82, 2.24) is 0 Å². The van der Waals surface area contributed by atoms with Gasteiger partial charge >= 0.3 is 5.97 Å². The number of nitro groups is 1. The molecule has 108 valence electrons. The van der Waals surface area contributed by atoms with E-state index in [1.54, 1.807) is 24.3 Å². The number of nitrogens with zero attached hydrogens (tertiary/aromatic N) is 1. The lowest BCUT2D eigenvalue weighted by atomic mass is 10.2. The van der Waals surface area contributed by atoms with Gasteiger partial charge in [0.15, 0.2) is 0 Å². The van der Waals surface area contributed by atoms with Gasteiger partial charge in [0.1, 0.15) is 0 Å². The number of thioether (sulfide) groups is 1. The minimum Gasteiger partial charge on any atom is -0.478 e. The Hall–Kier alpha value is -1.86. The van der Waals surface area contributed by atoms with Crippen LogP contribution in [0.1, 0.15) is 15.9 Å². The monoisotopic (exact) mass is 367 g/mol. The Labute approximate surface area is 133 Å². The molecule has 0 saturated heterocycles. The van der Waals surface area contributed by atoms with Crippen LogP contribution >= 0.6 is 27.7 Å². The van der Waals surface area contributed by atoms with E-state index in [0.29, 0.717) is 10.6 Å². The van der Waals surface area contributed by atoms with E-state index < -0.39 is 10.9 Å². The van der Waals surface area contributed by atoms with Crippen molar-refractivity contribution in [2.45, 2.75) is 10.6 Å². The highest BCUT2D eigenvalue weighted by molar-refractivity contribution is 9.10. The van der Waals surface area contributed by atoms with Crippen molar-refractivity contribution in [3.63, 3.8) is 0 Å². The van der Waals surface area contributed by atoms with Crippen molar-refractivity contribution in [3.8, 4) is 0 Å². The first-order chi connectivity index (χ1) is 9.97. The summed E-state index contributed by atoms with van der Waals surface area (Å²) in [6.07, 6.45) is 0. The van der Waals surface area contributed by atoms with Gasteiger partial charge in [0.05, 0.1) is 10.5 Å². The normalized spacial score (nSPS) is 10.3. The van der Waals surface area contributed by atoms with E-state index in [-0.39, 0.29) is 11.3 Å². The van der Waals surface area contributed by atoms with Gasteiger partial charge in [-0.2, -0.15) is 0 Å². The highest BCUT2D eigenvalue weighted by Crippen LogP contribution is 2.30. The summed E-state index contributed by atoms with van der Waals surface area (Å²) >= 11 is 4.64. The molecule has 0 atom stereocenters. The summed E-state index contributed by atoms with van der Waals surface area (Å²) in [4.78, 5) is 22.1. The molecular formula is C14H10BrNO4S. The van der Waals surface area contributed by atoms with E-state index in [1.807, 2.05) is 0 Å². The van der Waals surface area contributed by atoms with Crippen LogP contribution in [0.25, 0.3) is 0 Å². The van der Waals surface area contributed by atoms with Crippen LogP contribution in [0.2, 0.25) is 0 Å². The average Bonchev–Trinajstić information content (AvgIpc) is 2.45. The summed E-state index contributed by atoms with van der Waals surface area (Å²) in [5.41, 5.74) is 1.01. The fourth-order valence-corrected chi connectivity index (χ4v) is 3.25. The number of nitro benzene ring substituents is 1. The molecule has 2 aromatic rings. The fourth-order valence-electron chi connectivity index (χ4n) is 1.71. The molecule has 0 aliphatic carbocycles. The minimum absolute atomic E-state index is 0.0285. The Morgan fingerprint density at radius 2 is 2.05 bits per heavy atom. The minimum atomic E-state index is -0.996. The molecule has 7 heteroatoms. The molecule has 2 rings (SSSR count). The zero-order valence-corrected chi connectivity index (χ0v) is 13.1. The molecule has 0 fully saturated rings. The Morgan fingerprint density at radius 1 is 1.29 bits per heavy atom. The van der Waals surface area contributed by atoms with E-state index >= 15 is 0 Å². The topological polar surface area (TPSA) is 80.4 Å². The van der Waals surface area contributed by atoms with Gasteiger partial charge < -0.3 is 5.11 Å². The number of carbonyl (C=O) groups is 1. The van der Waals surface area contributed by atoms with Crippen molar-refractivity contribution < 1.29 is 14.8 Å². The lowest BCUT2D eigenvalue weighted by Gasteiger charge is -2.06. The summed E-state index contributed by atoms with van der Waals surface area (Å²) in [5, 5.41) is 19.9. The molecule has 0 bridgehead atoms. The number of aromatic carboxylic acids is 1. The fraction of sp³-hybridized carbons (Fsp3) is 0.0714. The third-order valence-electron chi connectivity index (χ3n) is 2.69. The summed E-state index contributed by atoms with van der Waals surface area (Å²) in [6, 6.07) is 11.2. The Bertz CT molecular complexity index is 705. The van der Waals surface area contributed by atoms with Crippen molar-refractivity contribution in [2.24, 2.45) is 0 Å². The summed E-state index contributed by atoms with van der Waals surface area (Å²) in [6.45, 7) is 0.